The number of hydrogen-bond donors (Lipinski definition) is 3. The van der Waals surface area contributed by atoms with E-state index in [-0.39, 0.29) is 5.92 Å². The van der Waals surface area contributed by atoms with Gasteiger partial charge in [0.25, 0.3) is 0 Å². The van der Waals surface area contributed by atoms with Gasteiger partial charge in [-0.05, 0) is 52.3 Å². The molecule has 6 nitrogen and oxygen atoms in total. The van der Waals surface area contributed by atoms with Crippen molar-refractivity contribution in [1.29, 1.82) is 5.41 Å². The molecule has 0 saturated heterocycles. The van der Waals surface area contributed by atoms with Crippen molar-refractivity contribution >= 4 is 11.9 Å². The van der Waals surface area contributed by atoms with Crippen molar-refractivity contribution in [2.45, 2.75) is 70.4 Å². The molecule has 33 heavy (non-hydrogen) atoms. The third-order valence-corrected chi connectivity index (χ3v) is 8.19. The van der Waals surface area contributed by atoms with Crippen LogP contribution >= 0.6 is 0 Å². The molecule has 2 aliphatic carbocycles. The Labute approximate surface area is 200 Å². The summed E-state index contributed by atoms with van der Waals surface area (Å²) < 4.78 is 0. The second kappa shape index (κ2) is 11.0. The SMILES string of the molecule is CNCC1=C(CC2C=NN(C)C2C)C(C(=N)C2=C(NC3CCCCC3)CCN(C)C2)CC=C1. The zero-order valence-electron chi connectivity index (χ0n) is 21.2. The predicted octanol–water partition coefficient (Wildman–Crippen LogP) is 3.94. The van der Waals surface area contributed by atoms with Crippen molar-refractivity contribution in [3.05, 3.63) is 34.6 Å². The molecule has 4 aliphatic rings. The highest BCUT2D eigenvalue weighted by Crippen LogP contribution is 2.36. The predicted molar refractivity (Wildman–Crippen MR) is 139 cm³/mol. The third kappa shape index (κ3) is 5.60. The number of nitrogens with one attached hydrogen (secondary N) is 3. The Bertz CT molecular complexity index is 832. The van der Waals surface area contributed by atoms with Crippen molar-refractivity contribution in [2.75, 3.05) is 40.8 Å². The van der Waals surface area contributed by atoms with Gasteiger partial charge < -0.3 is 20.9 Å². The lowest BCUT2D eigenvalue weighted by atomic mass is 9.76. The first-order valence-electron chi connectivity index (χ1n) is 13.0. The van der Waals surface area contributed by atoms with E-state index in [0.717, 1.165) is 44.6 Å². The average Bonchev–Trinajstić information content (AvgIpc) is 3.14. The molecule has 4 rings (SSSR count). The molecule has 3 N–H and O–H groups in total. The Morgan fingerprint density at radius 3 is 2.70 bits per heavy atom. The molecule has 6 heteroatoms. The van der Waals surface area contributed by atoms with E-state index >= 15 is 0 Å². The third-order valence-electron chi connectivity index (χ3n) is 8.19. The van der Waals surface area contributed by atoms with Crippen LogP contribution in [0.25, 0.3) is 0 Å². The van der Waals surface area contributed by atoms with Crippen LogP contribution in [0.15, 0.2) is 39.7 Å². The molecule has 0 amide bonds. The topological polar surface area (TPSA) is 66.8 Å². The monoisotopic (exact) mass is 452 g/mol. The highest BCUT2D eigenvalue weighted by Gasteiger charge is 2.33. The highest BCUT2D eigenvalue weighted by atomic mass is 15.5. The molecule has 0 aromatic rings. The molecule has 1 saturated carbocycles. The van der Waals surface area contributed by atoms with Gasteiger partial charge >= 0.3 is 0 Å². The molecule has 0 aromatic carbocycles. The van der Waals surface area contributed by atoms with Crippen LogP contribution in [-0.2, 0) is 0 Å². The van der Waals surface area contributed by atoms with Crippen LogP contribution in [0.1, 0.15) is 58.3 Å². The second-order valence-electron chi connectivity index (χ2n) is 10.6. The van der Waals surface area contributed by atoms with Crippen LogP contribution in [0, 0.1) is 17.2 Å². The summed E-state index contributed by atoms with van der Waals surface area (Å²) in [7, 11) is 6.28. The van der Waals surface area contributed by atoms with Crippen LogP contribution in [-0.4, -0.2) is 74.7 Å². The van der Waals surface area contributed by atoms with Gasteiger partial charge in [0, 0.05) is 74.2 Å². The summed E-state index contributed by atoms with van der Waals surface area (Å²) in [4.78, 5) is 2.38. The van der Waals surface area contributed by atoms with E-state index in [4.69, 9.17) is 0 Å². The zero-order valence-corrected chi connectivity index (χ0v) is 21.2. The number of rotatable bonds is 8. The first kappa shape index (κ1) is 24.2. The van der Waals surface area contributed by atoms with Crippen molar-refractivity contribution in [1.82, 2.24) is 20.5 Å². The molecule has 2 aliphatic heterocycles. The normalized spacial score (nSPS) is 29.3. The van der Waals surface area contributed by atoms with Gasteiger partial charge in [-0.3, -0.25) is 5.01 Å². The summed E-state index contributed by atoms with van der Waals surface area (Å²) in [5, 5.41) is 23.4. The average molecular weight is 453 g/mol. The van der Waals surface area contributed by atoms with Crippen molar-refractivity contribution in [3.63, 3.8) is 0 Å². The van der Waals surface area contributed by atoms with Crippen LogP contribution in [0.4, 0.5) is 0 Å². The van der Waals surface area contributed by atoms with E-state index in [1.54, 1.807) is 0 Å². The molecule has 2 heterocycles. The van der Waals surface area contributed by atoms with Gasteiger partial charge in [-0.1, -0.05) is 37.0 Å². The van der Waals surface area contributed by atoms with E-state index in [0.29, 0.717) is 18.0 Å². The summed E-state index contributed by atoms with van der Waals surface area (Å²) >= 11 is 0. The van der Waals surface area contributed by atoms with Gasteiger partial charge in [0.05, 0.1) is 6.04 Å². The van der Waals surface area contributed by atoms with Gasteiger partial charge in [-0.2, -0.15) is 5.10 Å². The maximum atomic E-state index is 9.47. The number of allylic oxidation sites excluding steroid dienone is 2. The quantitative estimate of drug-likeness (QED) is 0.488. The first-order chi connectivity index (χ1) is 16.0. The number of likely N-dealkylation sites (N-methyl/N-ethyl adjacent to an activating group) is 2. The summed E-state index contributed by atoms with van der Waals surface area (Å²) in [6.07, 6.45) is 16.2. The first-order valence-corrected chi connectivity index (χ1v) is 13.0. The molecule has 3 unspecified atom stereocenters. The van der Waals surface area contributed by atoms with Crippen molar-refractivity contribution < 1.29 is 0 Å². The Hall–Kier alpha value is -1.92. The lowest BCUT2D eigenvalue weighted by Gasteiger charge is -2.36. The Kier molecular flexibility index (Phi) is 8.07. The van der Waals surface area contributed by atoms with Crippen LogP contribution < -0.4 is 10.6 Å². The minimum Gasteiger partial charge on any atom is -0.385 e. The zero-order chi connectivity index (χ0) is 23.4. The molecule has 182 valence electrons. The molecule has 3 atom stereocenters. The lowest BCUT2D eigenvalue weighted by Crippen LogP contribution is -2.40. The summed E-state index contributed by atoms with van der Waals surface area (Å²) in [6.45, 7) is 5.08. The number of hydrazone groups is 1. The van der Waals surface area contributed by atoms with Crippen LogP contribution in [0.3, 0.4) is 0 Å². The Morgan fingerprint density at radius 2 is 2.00 bits per heavy atom. The minimum absolute atomic E-state index is 0.162. The lowest BCUT2D eigenvalue weighted by molar-refractivity contribution is 0.262. The standard InChI is InChI=1S/C27H44N6/c1-19-21(17-30-33(19)4)15-24-20(16-29-2)9-8-12-23(24)27(28)25-18-32(3)14-13-26(25)31-22-10-6-5-7-11-22/h8-9,17,19,21-23,28-29,31H,5-7,10-16,18H2,1-4H3. The maximum absolute atomic E-state index is 9.47. The molecule has 0 bridgehead atoms. The van der Waals surface area contributed by atoms with Crippen molar-refractivity contribution in [3.8, 4) is 0 Å². The van der Waals surface area contributed by atoms with Crippen LogP contribution in [0.2, 0.25) is 0 Å². The van der Waals surface area contributed by atoms with Crippen LogP contribution in [0.5, 0.6) is 0 Å². The fourth-order valence-electron chi connectivity index (χ4n) is 5.93. The second-order valence-corrected chi connectivity index (χ2v) is 10.6. The molecule has 0 aromatic heterocycles. The molecule has 1 fully saturated rings. The molecular formula is C27H44N6. The van der Waals surface area contributed by atoms with Gasteiger partial charge in [-0.25, -0.2) is 0 Å². The molecule has 0 spiro atoms. The number of hydrogen-bond acceptors (Lipinski definition) is 6. The fourth-order valence-corrected chi connectivity index (χ4v) is 5.93. The maximum Gasteiger partial charge on any atom is 0.0520 e. The Balaban J connectivity index is 1.61. The highest BCUT2D eigenvalue weighted by molar-refractivity contribution is 6.02. The smallest absolute Gasteiger partial charge is 0.0520 e. The van der Waals surface area contributed by atoms with E-state index in [1.807, 2.05) is 7.05 Å². The summed E-state index contributed by atoms with van der Waals surface area (Å²) in [5.74, 6) is 0.566. The Morgan fingerprint density at radius 1 is 1.21 bits per heavy atom. The van der Waals surface area contributed by atoms with Gasteiger partial charge in [0.15, 0.2) is 0 Å². The minimum atomic E-state index is 0.162. The molecule has 0 radical (unpaired) electrons. The number of nitrogens with zero attached hydrogens (tertiary/aromatic N) is 3. The van der Waals surface area contributed by atoms with E-state index < -0.39 is 0 Å². The van der Waals surface area contributed by atoms with E-state index in [9.17, 15) is 5.41 Å². The van der Waals surface area contributed by atoms with E-state index in [2.05, 4.69) is 65.0 Å². The van der Waals surface area contributed by atoms with E-state index in [1.165, 1.54) is 54.5 Å². The van der Waals surface area contributed by atoms with Gasteiger partial charge in [-0.15, -0.1) is 0 Å². The van der Waals surface area contributed by atoms with Gasteiger partial charge in [0.1, 0.15) is 0 Å². The van der Waals surface area contributed by atoms with Gasteiger partial charge in [0.2, 0.25) is 0 Å². The largest absolute Gasteiger partial charge is 0.385 e. The summed E-state index contributed by atoms with van der Waals surface area (Å²) in [6, 6.07) is 0.991. The summed E-state index contributed by atoms with van der Waals surface area (Å²) in [5.41, 5.74) is 6.24. The molecular weight excluding hydrogens is 408 g/mol. The fraction of sp³-hybridized carbons (Fsp3) is 0.704. The van der Waals surface area contributed by atoms with Crippen molar-refractivity contribution in [2.24, 2.45) is 16.9 Å².